The first-order valence-electron chi connectivity index (χ1n) is 5.37. The molecule has 0 aromatic heterocycles. The van der Waals surface area contributed by atoms with Crippen molar-refractivity contribution in [1.82, 2.24) is 0 Å². The second-order valence-electron chi connectivity index (χ2n) is 3.90. The molecule has 0 bridgehead atoms. The first-order valence-corrected chi connectivity index (χ1v) is 6.13. The number of nitrogen functional groups attached to an aromatic ring is 1. The minimum Gasteiger partial charge on any atom is -0.405 e. The van der Waals surface area contributed by atoms with E-state index in [1.54, 1.807) is 6.07 Å². The number of anilines is 1. The van der Waals surface area contributed by atoms with Gasteiger partial charge in [-0.25, -0.2) is 0 Å². The van der Waals surface area contributed by atoms with Crippen molar-refractivity contribution in [2.75, 3.05) is 5.73 Å². The molecule has 0 amide bonds. The van der Waals surface area contributed by atoms with E-state index in [0.29, 0.717) is 5.69 Å². The third-order valence-electron chi connectivity index (χ3n) is 2.45. The van der Waals surface area contributed by atoms with E-state index in [1.165, 1.54) is 30.3 Å². The molecule has 0 saturated carbocycles. The average Bonchev–Trinajstić information content (AvgIpc) is 2.28. The molecular formula is C13H8Cl2F3NO. The van der Waals surface area contributed by atoms with E-state index < -0.39 is 6.36 Å². The summed E-state index contributed by atoms with van der Waals surface area (Å²) in [5.41, 5.74) is 6.26. The molecule has 106 valence electrons. The van der Waals surface area contributed by atoms with Crippen LogP contribution in [0, 0.1) is 0 Å². The quantitative estimate of drug-likeness (QED) is 0.777. The van der Waals surface area contributed by atoms with Crippen molar-refractivity contribution in [3.8, 4) is 16.9 Å². The molecular weight excluding hydrogens is 314 g/mol. The fourth-order valence-corrected chi connectivity index (χ4v) is 2.44. The highest BCUT2D eigenvalue weighted by atomic mass is 35.5. The first kappa shape index (κ1) is 14.8. The van der Waals surface area contributed by atoms with E-state index >= 15 is 0 Å². The molecule has 0 aliphatic heterocycles. The van der Waals surface area contributed by atoms with Gasteiger partial charge in [-0.15, -0.1) is 13.2 Å². The number of rotatable bonds is 2. The summed E-state index contributed by atoms with van der Waals surface area (Å²) in [4.78, 5) is 0. The zero-order valence-corrected chi connectivity index (χ0v) is 11.4. The molecule has 2 rings (SSSR count). The summed E-state index contributed by atoms with van der Waals surface area (Å²) in [5.74, 6) is -0.381. The van der Waals surface area contributed by atoms with E-state index in [1.807, 2.05) is 0 Å². The zero-order valence-electron chi connectivity index (χ0n) is 9.84. The monoisotopic (exact) mass is 321 g/mol. The Hall–Kier alpha value is -1.59. The number of ether oxygens (including phenoxy) is 1. The molecule has 0 saturated heterocycles. The molecule has 2 aromatic carbocycles. The van der Waals surface area contributed by atoms with Gasteiger partial charge in [-0.3, -0.25) is 0 Å². The summed E-state index contributed by atoms with van der Waals surface area (Å²) in [7, 11) is 0. The number of halogens is 5. The molecule has 0 heterocycles. The van der Waals surface area contributed by atoms with Crippen LogP contribution in [-0.2, 0) is 0 Å². The van der Waals surface area contributed by atoms with Crippen LogP contribution in [0.4, 0.5) is 18.9 Å². The van der Waals surface area contributed by atoms with Crippen molar-refractivity contribution >= 4 is 28.9 Å². The highest BCUT2D eigenvalue weighted by Crippen LogP contribution is 2.42. The van der Waals surface area contributed by atoms with Gasteiger partial charge in [0.1, 0.15) is 5.75 Å². The minimum atomic E-state index is -4.80. The summed E-state index contributed by atoms with van der Waals surface area (Å²) in [6, 6.07) is 8.42. The van der Waals surface area contributed by atoms with Crippen LogP contribution in [0.25, 0.3) is 11.1 Å². The molecule has 20 heavy (non-hydrogen) atoms. The van der Waals surface area contributed by atoms with Crippen molar-refractivity contribution in [3.63, 3.8) is 0 Å². The van der Waals surface area contributed by atoms with Crippen molar-refractivity contribution in [1.29, 1.82) is 0 Å². The van der Waals surface area contributed by atoms with Crippen LogP contribution in [-0.4, -0.2) is 6.36 Å². The molecule has 0 unspecified atom stereocenters. The molecule has 0 aliphatic rings. The van der Waals surface area contributed by atoms with Gasteiger partial charge in [-0.1, -0.05) is 41.4 Å². The lowest BCUT2D eigenvalue weighted by atomic mass is 10.0. The topological polar surface area (TPSA) is 35.2 Å². The maximum absolute atomic E-state index is 12.4. The Morgan fingerprint density at radius 3 is 2.10 bits per heavy atom. The van der Waals surface area contributed by atoms with Gasteiger partial charge in [0.25, 0.3) is 0 Å². The van der Waals surface area contributed by atoms with Gasteiger partial charge in [-0.2, -0.15) is 0 Å². The second-order valence-corrected chi connectivity index (χ2v) is 4.72. The highest BCUT2D eigenvalue weighted by Gasteiger charge is 2.32. The van der Waals surface area contributed by atoms with E-state index in [4.69, 9.17) is 28.9 Å². The van der Waals surface area contributed by atoms with Crippen molar-refractivity contribution in [3.05, 3.63) is 46.4 Å². The molecule has 2 N–H and O–H groups in total. The van der Waals surface area contributed by atoms with Gasteiger partial charge in [0.15, 0.2) is 0 Å². The summed E-state index contributed by atoms with van der Waals surface area (Å²) in [5, 5.41) is 0.293. The largest absolute Gasteiger partial charge is 0.573 e. The van der Waals surface area contributed by atoms with E-state index in [2.05, 4.69) is 4.74 Å². The molecule has 2 aromatic rings. The van der Waals surface area contributed by atoms with Crippen molar-refractivity contribution in [2.45, 2.75) is 6.36 Å². The Morgan fingerprint density at radius 1 is 1.00 bits per heavy atom. The maximum atomic E-state index is 12.4. The van der Waals surface area contributed by atoms with Crippen LogP contribution < -0.4 is 10.5 Å². The molecule has 0 aliphatic carbocycles. The predicted molar refractivity (Wildman–Crippen MR) is 73.0 cm³/mol. The molecule has 0 spiro atoms. The maximum Gasteiger partial charge on any atom is 0.573 e. The van der Waals surface area contributed by atoms with Crippen LogP contribution in [0.3, 0.4) is 0 Å². The highest BCUT2D eigenvalue weighted by molar-refractivity contribution is 6.39. The lowest BCUT2D eigenvalue weighted by molar-refractivity contribution is -0.274. The smallest absolute Gasteiger partial charge is 0.405 e. The summed E-state index contributed by atoms with van der Waals surface area (Å²) in [6.45, 7) is 0. The molecule has 7 heteroatoms. The average molecular weight is 322 g/mol. The second kappa shape index (κ2) is 5.42. The van der Waals surface area contributed by atoms with Gasteiger partial charge in [-0.05, 0) is 18.2 Å². The lowest BCUT2D eigenvalue weighted by Gasteiger charge is -2.15. The minimum absolute atomic E-state index is 0.139. The summed E-state index contributed by atoms with van der Waals surface area (Å²) < 4.78 is 41.2. The summed E-state index contributed by atoms with van der Waals surface area (Å²) in [6.07, 6.45) is -4.80. The zero-order chi connectivity index (χ0) is 14.9. The normalized spacial score (nSPS) is 11.4. The molecule has 2 nitrogen and oxygen atoms in total. The first-order chi connectivity index (χ1) is 9.28. The Kier molecular flexibility index (Phi) is 4.01. The van der Waals surface area contributed by atoms with Crippen LogP contribution in [0.1, 0.15) is 0 Å². The summed E-state index contributed by atoms with van der Waals surface area (Å²) >= 11 is 12.0. The van der Waals surface area contributed by atoms with Crippen LogP contribution in [0.5, 0.6) is 5.75 Å². The number of hydrogen-bond donors (Lipinski definition) is 1. The van der Waals surface area contributed by atoms with Gasteiger partial charge in [0.05, 0.1) is 10.0 Å². The number of benzene rings is 2. The standard InChI is InChI=1S/C13H8Cl2F3NO/c14-9-5-7(19)6-10(15)12(9)8-3-1-2-4-11(8)20-13(16,17)18/h1-6H,19H2. The Bertz CT molecular complexity index is 621. The molecule has 0 radical (unpaired) electrons. The lowest BCUT2D eigenvalue weighted by Crippen LogP contribution is -2.17. The Labute approximate surface area is 122 Å². The third kappa shape index (κ3) is 3.29. The molecule has 0 fully saturated rings. The predicted octanol–water partition coefficient (Wildman–Crippen LogP) is 5.14. The van der Waals surface area contributed by atoms with Crippen LogP contribution >= 0.6 is 23.2 Å². The van der Waals surface area contributed by atoms with Gasteiger partial charge < -0.3 is 10.5 Å². The van der Waals surface area contributed by atoms with Crippen molar-refractivity contribution < 1.29 is 17.9 Å². The van der Waals surface area contributed by atoms with Gasteiger partial charge in [0, 0.05) is 16.8 Å². The SMILES string of the molecule is Nc1cc(Cl)c(-c2ccccc2OC(F)(F)F)c(Cl)c1. The van der Waals surface area contributed by atoms with Crippen LogP contribution in [0.2, 0.25) is 10.0 Å². The van der Waals surface area contributed by atoms with E-state index in [9.17, 15) is 13.2 Å². The third-order valence-corrected chi connectivity index (χ3v) is 3.04. The van der Waals surface area contributed by atoms with E-state index in [-0.39, 0.29) is 26.9 Å². The number of nitrogens with two attached hydrogens (primary N) is 1. The fourth-order valence-electron chi connectivity index (χ4n) is 1.74. The fraction of sp³-hybridized carbons (Fsp3) is 0.0769. The van der Waals surface area contributed by atoms with E-state index in [0.717, 1.165) is 0 Å². The van der Waals surface area contributed by atoms with Gasteiger partial charge in [0.2, 0.25) is 0 Å². The van der Waals surface area contributed by atoms with Gasteiger partial charge >= 0.3 is 6.36 Å². The Morgan fingerprint density at radius 2 is 1.55 bits per heavy atom. The van der Waals surface area contributed by atoms with Crippen LogP contribution in [0.15, 0.2) is 36.4 Å². The number of para-hydroxylation sites is 1. The number of hydrogen-bond acceptors (Lipinski definition) is 2. The van der Waals surface area contributed by atoms with Crippen molar-refractivity contribution in [2.24, 2.45) is 0 Å². The molecule has 0 atom stereocenters. The number of alkyl halides is 3. The Balaban J connectivity index is 2.59.